The van der Waals surface area contributed by atoms with E-state index in [9.17, 15) is 0 Å². The number of anilines is 3. The molecule has 0 fully saturated rings. The van der Waals surface area contributed by atoms with Crippen molar-refractivity contribution in [2.45, 2.75) is 6.04 Å². The van der Waals surface area contributed by atoms with E-state index in [2.05, 4.69) is 131 Å². The summed E-state index contributed by atoms with van der Waals surface area (Å²) in [5, 5.41) is 4.30. The standard InChI is InChI=1S/C33H25N2.C11H9N.Ir/c1-3-25-11-17-30(18-12-25)35(31-19-13-26(4-2)14-20-31)32-21-15-27(16-22-32)28-8-7-9-29(24-28)33-10-5-6-23-34-33;1-2-6-10(7-3-1)11-8-4-5-9-12-11;/h3-8,10-24H,1-2H2;1-6,8-9,11H;/q-1;-2;+3. The van der Waals surface area contributed by atoms with Gasteiger partial charge in [0, 0.05) is 23.3 Å². The van der Waals surface area contributed by atoms with Gasteiger partial charge in [-0.05, 0) is 64.8 Å². The number of rotatable bonds is 8. The van der Waals surface area contributed by atoms with Gasteiger partial charge in [-0.3, -0.25) is 0 Å². The summed E-state index contributed by atoms with van der Waals surface area (Å²) in [6.45, 7) is 7.75. The number of hydrogen-bond donors (Lipinski definition) is 0. The van der Waals surface area contributed by atoms with Gasteiger partial charge in [-0.15, -0.1) is 35.4 Å². The van der Waals surface area contributed by atoms with Gasteiger partial charge in [-0.2, -0.15) is 42.1 Å². The molecule has 0 bridgehead atoms. The van der Waals surface area contributed by atoms with E-state index in [1.807, 2.05) is 85.2 Å². The molecule has 0 aliphatic carbocycles. The van der Waals surface area contributed by atoms with Crippen LogP contribution in [-0.2, 0) is 20.1 Å². The van der Waals surface area contributed by atoms with E-state index in [0.29, 0.717) is 0 Å². The maximum Gasteiger partial charge on any atom is 3.00 e. The molecule has 0 N–H and O–H groups in total. The summed E-state index contributed by atoms with van der Waals surface area (Å²) >= 11 is 0. The number of nitrogens with zero attached hydrogens (tertiary/aromatic N) is 3. The van der Waals surface area contributed by atoms with E-state index in [0.717, 1.165) is 56.1 Å². The summed E-state index contributed by atoms with van der Waals surface area (Å²) in [5.41, 5.74) is 10.7. The average Bonchev–Trinajstić information content (AvgIpc) is 3.17. The monoisotopic (exact) mass is 797 g/mol. The van der Waals surface area contributed by atoms with Crippen molar-refractivity contribution in [1.29, 1.82) is 0 Å². The summed E-state index contributed by atoms with van der Waals surface area (Å²) < 4.78 is 0. The molecule has 234 valence electrons. The van der Waals surface area contributed by atoms with Gasteiger partial charge in [-0.25, -0.2) is 0 Å². The first-order chi connectivity index (χ1) is 23.2. The van der Waals surface area contributed by atoms with E-state index in [4.69, 9.17) is 0 Å². The molecule has 3 nitrogen and oxygen atoms in total. The summed E-state index contributed by atoms with van der Waals surface area (Å²) in [6, 6.07) is 52.1. The van der Waals surface area contributed by atoms with E-state index < -0.39 is 0 Å². The molecule has 1 aliphatic rings. The first-order valence-corrected chi connectivity index (χ1v) is 15.5. The molecular formula is C44H34IrN3. The summed E-state index contributed by atoms with van der Waals surface area (Å²) in [6.07, 6.45) is 13.4. The molecule has 4 heteroatoms. The zero-order valence-electron chi connectivity index (χ0n) is 26.4. The van der Waals surface area contributed by atoms with Crippen LogP contribution in [0.15, 0.2) is 177 Å². The third kappa shape index (κ3) is 8.43. The van der Waals surface area contributed by atoms with Crippen molar-refractivity contribution in [2.75, 3.05) is 4.90 Å². The number of aromatic nitrogens is 1. The van der Waals surface area contributed by atoms with E-state index >= 15 is 0 Å². The molecule has 1 unspecified atom stereocenters. The second kappa shape index (κ2) is 16.9. The van der Waals surface area contributed by atoms with E-state index in [-0.39, 0.29) is 26.1 Å². The van der Waals surface area contributed by atoms with Crippen molar-refractivity contribution < 1.29 is 20.1 Å². The average molecular weight is 797 g/mol. The summed E-state index contributed by atoms with van der Waals surface area (Å²) in [5.74, 6) is 0. The Labute approximate surface area is 297 Å². The van der Waals surface area contributed by atoms with Gasteiger partial charge in [-0.1, -0.05) is 98.1 Å². The molecule has 0 saturated heterocycles. The van der Waals surface area contributed by atoms with Crippen molar-refractivity contribution in [3.05, 3.63) is 211 Å². The molecule has 0 spiro atoms. The molecule has 7 rings (SSSR count). The summed E-state index contributed by atoms with van der Waals surface area (Å²) in [7, 11) is 0. The Morgan fingerprint density at radius 2 is 1.29 bits per heavy atom. The van der Waals surface area contributed by atoms with Gasteiger partial charge < -0.3 is 15.2 Å². The van der Waals surface area contributed by atoms with Gasteiger partial charge in [0.2, 0.25) is 0 Å². The minimum absolute atomic E-state index is 0. The second-order valence-electron chi connectivity index (χ2n) is 10.8. The van der Waals surface area contributed by atoms with Crippen LogP contribution in [0.2, 0.25) is 0 Å². The Hall–Kier alpha value is -5.54. The molecule has 48 heavy (non-hydrogen) atoms. The molecule has 0 amide bonds. The Morgan fingerprint density at radius 1 is 0.646 bits per heavy atom. The fourth-order valence-electron chi connectivity index (χ4n) is 5.27. The fourth-order valence-corrected chi connectivity index (χ4v) is 5.27. The Balaban J connectivity index is 0.000000291. The first kappa shape index (κ1) is 33.8. The smallest absolute Gasteiger partial charge is 0.683 e. The maximum atomic E-state index is 4.46. The van der Waals surface area contributed by atoms with Gasteiger partial charge in [0.1, 0.15) is 0 Å². The molecule has 0 saturated carbocycles. The summed E-state index contributed by atoms with van der Waals surface area (Å²) in [4.78, 5) is 6.71. The van der Waals surface area contributed by atoms with Crippen LogP contribution in [0, 0.1) is 12.1 Å². The Morgan fingerprint density at radius 3 is 1.83 bits per heavy atom. The topological polar surface area (TPSA) is 30.2 Å². The van der Waals surface area contributed by atoms with Crippen LogP contribution in [0.1, 0.15) is 22.7 Å². The van der Waals surface area contributed by atoms with Crippen LogP contribution in [0.4, 0.5) is 17.1 Å². The zero-order chi connectivity index (χ0) is 32.3. The van der Waals surface area contributed by atoms with Crippen molar-refractivity contribution in [2.24, 2.45) is 0 Å². The zero-order valence-corrected chi connectivity index (χ0v) is 28.8. The van der Waals surface area contributed by atoms with Gasteiger partial charge >= 0.3 is 20.1 Å². The molecule has 1 aromatic heterocycles. The molecule has 1 aliphatic heterocycles. The number of allylic oxidation sites excluding steroid dienone is 2. The van der Waals surface area contributed by atoms with E-state index in [1.165, 1.54) is 0 Å². The molecule has 6 aromatic rings. The number of hydrogen-bond acceptors (Lipinski definition) is 2. The van der Waals surface area contributed by atoms with E-state index in [1.54, 1.807) is 0 Å². The third-order valence-electron chi connectivity index (χ3n) is 7.76. The van der Waals surface area contributed by atoms with Crippen LogP contribution in [0.5, 0.6) is 0 Å². The molecule has 1 atom stereocenters. The quantitative estimate of drug-likeness (QED) is 0.144. The number of pyridine rings is 1. The Kier molecular flexibility index (Phi) is 11.9. The van der Waals surface area contributed by atoms with Crippen molar-refractivity contribution in [3.63, 3.8) is 0 Å². The Bertz CT molecular complexity index is 1910. The van der Waals surface area contributed by atoms with Crippen LogP contribution >= 0.6 is 0 Å². The predicted molar refractivity (Wildman–Crippen MR) is 198 cm³/mol. The predicted octanol–water partition coefficient (Wildman–Crippen LogP) is 12.0. The van der Waals surface area contributed by atoms with Crippen LogP contribution < -0.4 is 4.90 Å². The van der Waals surface area contributed by atoms with Crippen LogP contribution in [0.3, 0.4) is 0 Å². The normalized spacial score (nSPS) is 12.8. The fraction of sp³-hybridized carbons (Fsp3) is 0.0227. The minimum atomic E-state index is 0. The van der Waals surface area contributed by atoms with Crippen LogP contribution in [-0.4, -0.2) is 4.98 Å². The van der Waals surface area contributed by atoms with Crippen LogP contribution in [0.25, 0.3) is 39.9 Å². The van der Waals surface area contributed by atoms with Crippen molar-refractivity contribution in [1.82, 2.24) is 4.98 Å². The third-order valence-corrected chi connectivity index (χ3v) is 7.76. The number of benzene rings is 5. The maximum absolute atomic E-state index is 4.46. The van der Waals surface area contributed by atoms with Gasteiger partial charge in [0.25, 0.3) is 0 Å². The van der Waals surface area contributed by atoms with Gasteiger partial charge in [0.15, 0.2) is 0 Å². The minimum Gasteiger partial charge on any atom is -0.683 e. The van der Waals surface area contributed by atoms with Gasteiger partial charge in [0.05, 0.1) is 0 Å². The SMILES string of the molecule is C=Cc1ccc(N(c2ccc(C=C)cc2)c2ccc(-c3cc[c-]c(-c4ccccn4)c3)cc2)cc1.[Ir+3].[c-]1ccccc1C1C=CC=C[N-]1. The molecular weight excluding hydrogens is 763 g/mol. The largest absolute Gasteiger partial charge is 3.00 e. The first-order valence-electron chi connectivity index (χ1n) is 15.5. The van der Waals surface area contributed by atoms with Crippen molar-refractivity contribution >= 4 is 29.2 Å². The molecule has 0 radical (unpaired) electrons. The second-order valence-corrected chi connectivity index (χ2v) is 10.8. The molecule has 5 aromatic carbocycles. The van der Waals surface area contributed by atoms with Crippen molar-refractivity contribution in [3.8, 4) is 22.4 Å². The molecule has 2 heterocycles.